The summed E-state index contributed by atoms with van der Waals surface area (Å²) >= 11 is 0. The lowest BCUT2D eigenvalue weighted by atomic mass is 10.3. The minimum Gasteiger partial charge on any atom is -0.350 e. The van der Waals surface area contributed by atoms with Gasteiger partial charge in [-0.05, 0) is 19.9 Å². The number of rotatable bonds is 4. The van der Waals surface area contributed by atoms with Crippen molar-refractivity contribution in [3.8, 4) is 6.07 Å². The van der Waals surface area contributed by atoms with Gasteiger partial charge in [-0.1, -0.05) is 0 Å². The van der Waals surface area contributed by atoms with Crippen LogP contribution in [0.2, 0.25) is 0 Å². The van der Waals surface area contributed by atoms with Crippen molar-refractivity contribution in [1.29, 1.82) is 5.26 Å². The molecule has 0 aliphatic carbocycles. The van der Waals surface area contributed by atoms with E-state index in [1.807, 2.05) is 30.7 Å². The Morgan fingerprint density at radius 1 is 1.50 bits per heavy atom. The van der Waals surface area contributed by atoms with E-state index in [-0.39, 0.29) is 6.04 Å². The standard InChI is InChI=1S/C12H14N6/c1-9-5-11(6-13)17-12(15-9)16-10(2)7-18-4-3-14-8-18/h3-5,8,10H,7H2,1-2H3,(H,15,16,17). The quantitative estimate of drug-likeness (QED) is 0.875. The Balaban J connectivity index is 2.05. The molecule has 0 amide bonds. The summed E-state index contributed by atoms with van der Waals surface area (Å²) in [5.74, 6) is 0.485. The van der Waals surface area contributed by atoms with Crippen molar-refractivity contribution < 1.29 is 0 Å². The lowest BCUT2D eigenvalue weighted by molar-refractivity contribution is 0.614. The molecule has 0 spiro atoms. The van der Waals surface area contributed by atoms with Gasteiger partial charge in [0.2, 0.25) is 5.95 Å². The van der Waals surface area contributed by atoms with E-state index in [2.05, 4.69) is 20.3 Å². The maximum absolute atomic E-state index is 8.85. The molecule has 0 bridgehead atoms. The fourth-order valence-electron chi connectivity index (χ4n) is 1.67. The first-order valence-electron chi connectivity index (χ1n) is 5.65. The fraction of sp³-hybridized carbons (Fsp3) is 0.333. The first-order valence-corrected chi connectivity index (χ1v) is 5.65. The summed E-state index contributed by atoms with van der Waals surface area (Å²) in [4.78, 5) is 12.4. The molecule has 2 rings (SSSR count). The van der Waals surface area contributed by atoms with E-state index in [0.717, 1.165) is 12.2 Å². The zero-order valence-corrected chi connectivity index (χ0v) is 10.3. The maximum Gasteiger partial charge on any atom is 0.224 e. The van der Waals surface area contributed by atoms with E-state index < -0.39 is 0 Å². The van der Waals surface area contributed by atoms with Gasteiger partial charge in [0.1, 0.15) is 11.8 Å². The third-order valence-electron chi connectivity index (χ3n) is 2.39. The third-order valence-corrected chi connectivity index (χ3v) is 2.39. The van der Waals surface area contributed by atoms with E-state index in [4.69, 9.17) is 5.26 Å². The van der Waals surface area contributed by atoms with Crippen molar-refractivity contribution in [2.45, 2.75) is 26.4 Å². The minimum atomic E-state index is 0.146. The molecule has 2 aromatic rings. The van der Waals surface area contributed by atoms with Crippen LogP contribution in [0.15, 0.2) is 24.8 Å². The van der Waals surface area contributed by atoms with Crippen LogP contribution in [0.4, 0.5) is 5.95 Å². The van der Waals surface area contributed by atoms with Crippen molar-refractivity contribution in [3.05, 3.63) is 36.2 Å². The molecule has 0 aliphatic heterocycles. The Kier molecular flexibility index (Phi) is 3.53. The molecular weight excluding hydrogens is 228 g/mol. The molecular formula is C12H14N6. The average molecular weight is 242 g/mol. The number of hydrogen-bond donors (Lipinski definition) is 1. The van der Waals surface area contributed by atoms with Crippen LogP contribution in [0.25, 0.3) is 0 Å². The molecule has 1 atom stereocenters. The third kappa shape index (κ3) is 3.04. The summed E-state index contributed by atoms with van der Waals surface area (Å²) in [6, 6.07) is 3.82. The van der Waals surface area contributed by atoms with Gasteiger partial charge < -0.3 is 9.88 Å². The normalized spacial score (nSPS) is 11.8. The van der Waals surface area contributed by atoms with Crippen molar-refractivity contribution in [2.75, 3.05) is 5.32 Å². The number of nitriles is 1. The number of aryl methyl sites for hydroxylation is 1. The predicted octanol–water partition coefficient (Wildman–Crippen LogP) is 1.35. The van der Waals surface area contributed by atoms with Gasteiger partial charge in [-0.3, -0.25) is 0 Å². The van der Waals surface area contributed by atoms with Gasteiger partial charge in [0, 0.05) is 30.7 Å². The molecule has 0 aliphatic rings. The molecule has 1 unspecified atom stereocenters. The van der Waals surface area contributed by atoms with Gasteiger partial charge in [0.25, 0.3) is 0 Å². The zero-order valence-electron chi connectivity index (χ0n) is 10.3. The van der Waals surface area contributed by atoms with E-state index in [1.165, 1.54) is 0 Å². The zero-order chi connectivity index (χ0) is 13.0. The molecule has 0 saturated heterocycles. The summed E-state index contributed by atoms with van der Waals surface area (Å²) in [5, 5.41) is 12.0. The van der Waals surface area contributed by atoms with Crippen LogP contribution >= 0.6 is 0 Å². The Bertz CT molecular complexity index is 554. The van der Waals surface area contributed by atoms with Crippen LogP contribution in [0.3, 0.4) is 0 Å². The largest absolute Gasteiger partial charge is 0.350 e. The molecule has 92 valence electrons. The smallest absolute Gasteiger partial charge is 0.224 e. The molecule has 1 N–H and O–H groups in total. The highest BCUT2D eigenvalue weighted by Crippen LogP contribution is 2.06. The van der Waals surface area contributed by atoms with Crippen molar-refractivity contribution in [1.82, 2.24) is 19.5 Å². The fourth-order valence-corrected chi connectivity index (χ4v) is 1.67. The van der Waals surface area contributed by atoms with Crippen LogP contribution in [-0.2, 0) is 6.54 Å². The number of imidazole rings is 1. The molecule has 0 aromatic carbocycles. The summed E-state index contributed by atoms with van der Waals surface area (Å²) in [6.45, 7) is 4.63. The maximum atomic E-state index is 8.85. The molecule has 2 aromatic heterocycles. The lowest BCUT2D eigenvalue weighted by Gasteiger charge is -2.14. The van der Waals surface area contributed by atoms with Gasteiger partial charge in [-0.15, -0.1) is 0 Å². The number of aromatic nitrogens is 4. The first kappa shape index (κ1) is 12.0. The van der Waals surface area contributed by atoms with Crippen LogP contribution in [-0.4, -0.2) is 25.6 Å². The Morgan fingerprint density at radius 3 is 3.00 bits per heavy atom. The van der Waals surface area contributed by atoms with E-state index in [1.54, 1.807) is 18.6 Å². The number of hydrogen-bond acceptors (Lipinski definition) is 5. The summed E-state index contributed by atoms with van der Waals surface area (Å²) < 4.78 is 1.97. The van der Waals surface area contributed by atoms with Crippen LogP contribution in [0.1, 0.15) is 18.3 Å². The second-order valence-electron chi connectivity index (χ2n) is 4.13. The lowest BCUT2D eigenvalue weighted by Crippen LogP contribution is -2.22. The van der Waals surface area contributed by atoms with Crippen LogP contribution in [0.5, 0.6) is 0 Å². The van der Waals surface area contributed by atoms with E-state index >= 15 is 0 Å². The van der Waals surface area contributed by atoms with Gasteiger partial charge in [-0.2, -0.15) is 5.26 Å². The van der Waals surface area contributed by atoms with Gasteiger partial charge >= 0.3 is 0 Å². The predicted molar refractivity (Wildman–Crippen MR) is 66.8 cm³/mol. The summed E-state index contributed by atoms with van der Waals surface area (Å²) in [6.07, 6.45) is 5.40. The highest BCUT2D eigenvalue weighted by Gasteiger charge is 2.06. The first-order chi connectivity index (χ1) is 8.67. The molecule has 6 heteroatoms. The van der Waals surface area contributed by atoms with Gasteiger partial charge in [0.05, 0.1) is 6.33 Å². The Morgan fingerprint density at radius 2 is 2.33 bits per heavy atom. The molecule has 18 heavy (non-hydrogen) atoms. The second kappa shape index (κ2) is 5.27. The van der Waals surface area contributed by atoms with Crippen molar-refractivity contribution in [2.24, 2.45) is 0 Å². The van der Waals surface area contributed by atoms with Crippen molar-refractivity contribution in [3.63, 3.8) is 0 Å². The summed E-state index contributed by atoms with van der Waals surface area (Å²) in [5.41, 5.74) is 1.15. The number of nitrogens with one attached hydrogen (secondary N) is 1. The molecule has 0 saturated carbocycles. The molecule has 6 nitrogen and oxygen atoms in total. The van der Waals surface area contributed by atoms with Gasteiger partial charge in [-0.25, -0.2) is 15.0 Å². The molecule has 2 heterocycles. The monoisotopic (exact) mass is 242 g/mol. The Labute approximate surface area is 105 Å². The number of nitrogens with zero attached hydrogens (tertiary/aromatic N) is 5. The Hall–Kier alpha value is -2.42. The highest BCUT2D eigenvalue weighted by molar-refractivity contribution is 5.33. The molecule has 0 fully saturated rings. The van der Waals surface area contributed by atoms with Gasteiger partial charge in [0.15, 0.2) is 0 Å². The summed E-state index contributed by atoms with van der Waals surface area (Å²) in [7, 11) is 0. The minimum absolute atomic E-state index is 0.146. The van der Waals surface area contributed by atoms with Crippen LogP contribution < -0.4 is 5.32 Å². The van der Waals surface area contributed by atoms with E-state index in [0.29, 0.717) is 11.6 Å². The van der Waals surface area contributed by atoms with Crippen molar-refractivity contribution >= 4 is 5.95 Å². The highest BCUT2D eigenvalue weighted by atomic mass is 15.1. The topological polar surface area (TPSA) is 79.4 Å². The molecule has 0 radical (unpaired) electrons. The van der Waals surface area contributed by atoms with E-state index in [9.17, 15) is 0 Å². The van der Waals surface area contributed by atoms with Crippen LogP contribution in [0, 0.1) is 18.3 Å². The average Bonchev–Trinajstić information content (AvgIpc) is 2.80. The SMILES string of the molecule is Cc1cc(C#N)nc(NC(C)Cn2ccnc2)n1. The number of anilines is 1. The second-order valence-corrected chi connectivity index (χ2v) is 4.13.